The second kappa shape index (κ2) is 4.98. The number of pyridine rings is 1. The third kappa shape index (κ3) is 2.20. The molecule has 0 saturated carbocycles. The maximum absolute atomic E-state index is 5.94. The van der Waals surface area contributed by atoms with E-state index in [1.165, 1.54) is 19.3 Å². The number of piperidine rings is 1. The molecule has 18 heavy (non-hydrogen) atoms. The average Bonchev–Trinajstić information content (AvgIpc) is 2.86. The molecule has 2 aromatic rings. The van der Waals surface area contributed by atoms with Crippen LogP contribution in [0.1, 0.15) is 19.3 Å². The van der Waals surface area contributed by atoms with Crippen molar-refractivity contribution in [2.24, 2.45) is 0 Å². The summed E-state index contributed by atoms with van der Waals surface area (Å²) in [4.78, 5) is 6.61. The standard InChI is InChI=1S/C13H15ClN4/c14-11-8-16-18(10-11)12-4-5-15-9-13(12)17-6-2-1-3-7-17/h4-5,8-10H,1-3,6-7H2. The van der Waals surface area contributed by atoms with Gasteiger partial charge in [0.25, 0.3) is 0 Å². The van der Waals surface area contributed by atoms with Gasteiger partial charge in [0.15, 0.2) is 0 Å². The van der Waals surface area contributed by atoms with Crippen LogP contribution in [0.15, 0.2) is 30.9 Å². The zero-order chi connectivity index (χ0) is 12.4. The van der Waals surface area contributed by atoms with E-state index in [4.69, 9.17) is 11.6 Å². The van der Waals surface area contributed by atoms with Crippen LogP contribution in [0.3, 0.4) is 0 Å². The van der Waals surface area contributed by atoms with Crippen molar-refractivity contribution in [3.63, 3.8) is 0 Å². The molecule has 0 unspecified atom stereocenters. The normalized spacial score (nSPS) is 15.9. The minimum Gasteiger partial charge on any atom is -0.369 e. The summed E-state index contributed by atoms with van der Waals surface area (Å²) in [5, 5.41) is 4.92. The maximum atomic E-state index is 5.94. The van der Waals surface area contributed by atoms with E-state index in [-0.39, 0.29) is 0 Å². The molecule has 0 N–H and O–H groups in total. The Morgan fingerprint density at radius 1 is 1.06 bits per heavy atom. The summed E-state index contributed by atoms with van der Waals surface area (Å²) in [7, 11) is 0. The Labute approximate surface area is 111 Å². The van der Waals surface area contributed by atoms with Gasteiger partial charge in [-0.25, -0.2) is 4.68 Å². The van der Waals surface area contributed by atoms with Crippen LogP contribution in [-0.4, -0.2) is 27.9 Å². The van der Waals surface area contributed by atoms with Gasteiger partial charge in [-0.1, -0.05) is 11.6 Å². The second-order valence-corrected chi connectivity index (χ2v) is 4.95. The lowest BCUT2D eigenvalue weighted by molar-refractivity contribution is 0.576. The van der Waals surface area contributed by atoms with Gasteiger partial charge in [0.1, 0.15) is 0 Å². The molecule has 0 amide bonds. The highest BCUT2D eigenvalue weighted by Gasteiger charge is 2.15. The van der Waals surface area contributed by atoms with E-state index < -0.39 is 0 Å². The van der Waals surface area contributed by atoms with E-state index in [9.17, 15) is 0 Å². The summed E-state index contributed by atoms with van der Waals surface area (Å²) in [5.41, 5.74) is 2.18. The van der Waals surface area contributed by atoms with Gasteiger partial charge in [-0.15, -0.1) is 0 Å². The number of nitrogens with zero attached hydrogens (tertiary/aromatic N) is 4. The van der Waals surface area contributed by atoms with Crippen molar-refractivity contribution in [3.05, 3.63) is 35.9 Å². The van der Waals surface area contributed by atoms with Gasteiger partial charge in [-0.05, 0) is 25.3 Å². The van der Waals surface area contributed by atoms with Crippen molar-refractivity contribution in [1.29, 1.82) is 0 Å². The van der Waals surface area contributed by atoms with Crippen LogP contribution in [0.25, 0.3) is 5.69 Å². The Balaban J connectivity index is 1.99. The predicted molar refractivity (Wildman–Crippen MR) is 72.4 cm³/mol. The molecule has 0 aliphatic carbocycles. The van der Waals surface area contributed by atoms with Crippen molar-refractivity contribution < 1.29 is 0 Å². The third-order valence-electron chi connectivity index (χ3n) is 3.27. The Kier molecular flexibility index (Phi) is 3.19. The smallest absolute Gasteiger partial charge is 0.0910 e. The van der Waals surface area contributed by atoms with E-state index in [2.05, 4.69) is 15.0 Å². The summed E-state index contributed by atoms with van der Waals surface area (Å²) in [5.74, 6) is 0. The van der Waals surface area contributed by atoms with Crippen LogP contribution in [0, 0.1) is 0 Å². The molecule has 2 aromatic heterocycles. The SMILES string of the molecule is Clc1cnn(-c2ccncc2N2CCCCC2)c1. The number of rotatable bonds is 2. The van der Waals surface area contributed by atoms with Crippen molar-refractivity contribution in [1.82, 2.24) is 14.8 Å². The fourth-order valence-corrected chi connectivity index (χ4v) is 2.52. The van der Waals surface area contributed by atoms with Crippen molar-refractivity contribution in [3.8, 4) is 5.69 Å². The molecular weight excluding hydrogens is 248 g/mol. The van der Waals surface area contributed by atoms with Crippen molar-refractivity contribution >= 4 is 17.3 Å². The van der Waals surface area contributed by atoms with Gasteiger partial charge in [0.05, 0.1) is 28.8 Å². The summed E-state index contributed by atoms with van der Waals surface area (Å²) in [6, 6.07) is 1.98. The Hall–Kier alpha value is -1.55. The third-order valence-corrected chi connectivity index (χ3v) is 3.47. The number of anilines is 1. The van der Waals surface area contributed by atoms with Gasteiger partial charge in [-0.2, -0.15) is 5.10 Å². The lowest BCUT2D eigenvalue weighted by atomic mass is 10.1. The lowest BCUT2D eigenvalue weighted by Gasteiger charge is -2.29. The average molecular weight is 263 g/mol. The molecule has 0 aromatic carbocycles. The van der Waals surface area contributed by atoms with E-state index >= 15 is 0 Å². The van der Waals surface area contributed by atoms with Gasteiger partial charge in [0, 0.05) is 25.5 Å². The molecule has 94 valence electrons. The van der Waals surface area contributed by atoms with Crippen LogP contribution in [-0.2, 0) is 0 Å². The van der Waals surface area contributed by atoms with Crippen molar-refractivity contribution in [2.75, 3.05) is 18.0 Å². The molecule has 1 fully saturated rings. The lowest BCUT2D eigenvalue weighted by Crippen LogP contribution is -2.30. The molecule has 0 spiro atoms. The molecule has 3 heterocycles. The summed E-state index contributed by atoms with van der Waals surface area (Å²) in [6.45, 7) is 2.18. The van der Waals surface area contributed by atoms with Crippen LogP contribution in [0.2, 0.25) is 5.02 Å². The van der Waals surface area contributed by atoms with Crippen LogP contribution in [0.5, 0.6) is 0 Å². The molecule has 1 saturated heterocycles. The first-order chi connectivity index (χ1) is 8.84. The quantitative estimate of drug-likeness (QED) is 0.835. The number of hydrogen-bond donors (Lipinski definition) is 0. The summed E-state index contributed by atoms with van der Waals surface area (Å²) >= 11 is 5.94. The Morgan fingerprint density at radius 2 is 1.89 bits per heavy atom. The highest BCUT2D eigenvalue weighted by molar-refractivity contribution is 6.30. The minimum absolute atomic E-state index is 0.649. The number of halogens is 1. The molecule has 1 aliphatic rings. The molecule has 0 radical (unpaired) electrons. The topological polar surface area (TPSA) is 34.0 Å². The first-order valence-corrected chi connectivity index (χ1v) is 6.62. The molecule has 4 nitrogen and oxygen atoms in total. The highest BCUT2D eigenvalue weighted by Crippen LogP contribution is 2.26. The van der Waals surface area contributed by atoms with E-state index in [1.807, 2.05) is 23.1 Å². The fourth-order valence-electron chi connectivity index (χ4n) is 2.38. The second-order valence-electron chi connectivity index (χ2n) is 4.52. The van der Waals surface area contributed by atoms with Gasteiger partial charge in [-0.3, -0.25) is 4.98 Å². The Bertz CT molecular complexity index is 531. The molecule has 1 aliphatic heterocycles. The number of aromatic nitrogens is 3. The summed E-state index contributed by atoms with van der Waals surface area (Å²) in [6.07, 6.45) is 11.0. The van der Waals surface area contributed by atoms with Gasteiger partial charge < -0.3 is 4.90 Å². The van der Waals surface area contributed by atoms with Crippen LogP contribution in [0.4, 0.5) is 5.69 Å². The first-order valence-electron chi connectivity index (χ1n) is 6.24. The van der Waals surface area contributed by atoms with Gasteiger partial charge >= 0.3 is 0 Å². The van der Waals surface area contributed by atoms with E-state index in [1.54, 1.807) is 12.4 Å². The molecule has 5 heteroatoms. The Morgan fingerprint density at radius 3 is 2.61 bits per heavy atom. The monoisotopic (exact) mass is 262 g/mol. The molecule has 0 bridgehead atoms. The summed E-state index contributed by atoms with van der Waals surface area (Å²) < 4.78 is 1.81. The number of hydrogen-bond acceptors (Lipinski definition) is 3. The molecule has 0 atom stereocenters. The first kappa shape index (κ1) is 11.5. The van der Waals surface area contributed by atoms with E-state index in [0.29, 0.717) is 5.02 Å². The van der Waals surface area contributed by atoms with E-state index in [0.717, 1.165) is 24.5 Å². The zero-order valence-corrected chi connectivity index (χ0v) is 10.8. The van der Waals surface area contributed by atoms with Crippen LogP contribution >= 0.6 is 11.6 Å². The predicted octanol–water partition coefficient (Wildman–Crippen LogP) is 2.91. The molecular formula is C13H15ClN4. The highest BCUT2D eigenvalue weighted by atomic mass is 35.5. The maximum Gasteiger partial charge on any atom is 0.0910 e. The zero-order valence-electron chi connectivity index (χ0n) is 10.1. The van der Waals surface area contributed by atoms with Crippen LogP contribution < -0.4 is 4.90 Å². The largest absolute Gasteiger partial charge is 0.369 e. The van der Waals surface area contributed by atoms with Crippen molar-refractivity contribution in [2.45, 2.75) is 19.3 Å². The fraction of sp³-hybridized carbons (Fsp3) is 0.385. The van der Waals surface area contributed by atoms with Gasteiger partial charge in [0.2, 0.25) is 0 Å². The molecule has 3 rings (SSSR count). The minimum atomic E-state index is 0.649.